The van der Waals surface area contributed by atoms with Crippen molar-refractivity contribution >= 4 is 0 Å². The molecule has 0 saturated heterocycles. The summed E-state index contributed by atoms with van der Waals surface area (Å²) >= 11 is 0. The van der Waals surface area contributed by atoms with E-state index < -0.39 is 4.92 Å². The molecule has 0 fully saturated rings. The minimum atomic E-state index is -0.589. The van der Waals surface area contributed by atoms with Crippen LogP contribution in [0.3, 0.4) is 0 Å². The first kappa shape index (κ1) is 13.2. The summed E-state index contributed by atoms with van der Waals surface area (Å²) in [5.41, 5.74) is 0.362. The van der Waals surface area contributed by atoms with Crippen molar-refractivity contribution in [3.05, 3.63) is 46.5 Å². The Morgan fingerprint density at radius 1 is 1.60 bits per heavy atom. The lowest BCUT2D eigenvalue weighted by atomic mass is 10.3. The first-order valence-electron chi connectivity index (χ1n) is 4.43. The molecule has 15 heavy (non-hydrogen) atoms. The minimum Gasteiger partial charge on any atom is -0.490 e. The van der Waals surface area contributed by atoms with Gasteiger partial charge in [0.25, 0.3) is 0 Å². The third-order valence-corrected chi connectivity index (χ3v) is 1.99. The average Bonchev–Trinajstić information content (AvgIpc) is 2.22. The first-order valence-corrected chi connectivity index (χ1v) is 4.43. The maximum absolute atomic E-state index is 10.5. The zero-order chi connectivity index (χ0) is 12.0. The van der Waals surface area contributed by atoms with Gasteiger partial charge in [0.1, 0.15) is 0 Å². The van der Waals surface area contributed by atoms with Crippen molar-refractivity contribution in [2.75, 3.05) is 20.7 Å². The summed E-state index contributed by atoms with van der Waals surface area (Å²) < 4.78 is 4.87. The van der Waals surface area contributed by atoms with Gasteiger partial charge in [-0.2, -0.15) is 0 Å². The second kappa shape index (κ2) is 5.85. The molecule has 0 rings (SSSR count). The number of hydrogen-bond acceptors (Lipinski definition) is 4. The summed E-state index contributed by atoms with van der Waals surface area (Å²) in [5.74, 6) is 0.116. The van der Waals surface area contributed by atoms with E-state index in [1.807, 2.05) is 18.9 Å². The molecule has 0 aliphatic carbocycles. The van der Waals surface area contributed by atoms with Gasteiger partial charge in [-0.1, -0.05) is 6.58 Å². The van der Waals surface area contributed by atoms with E-state index in [1.165, 1.54) is 13.2 Å². The second-order valence-corrected chi connectivity index (χ2v) is 2.92. The molecule has 0 spiro atoms. The number of methoxy groups -OCH3 is 1. The molecule has 5 nitrogen and oxygen atoms in total. The highest BCUT2D eigenvalue weighted by molar-refractivity contribution is 5.25. The van der Waals surface area contributed by atoms with Crippen molar-refractivity contribution in [1.29, 1.82) is 0 Å². The Hall–Kier alpha value is -1.78. The van der Waals surface area contributed by atoms with Gasteiger partial charge in [0, 0.05) is 25.4 Å². The van der Waals surface area contributed by atoms with Crippen molar-refractivity contribution in [2.45, 2.75) is 6.92 Å². The van der Waals surface area contributed by atoms with Crippen LogP contribution in [0, 0.1) is 10.1 Å². The van der Waals surface area contributed by atoms with Crippen LogP contribution < -0.4 is 0 Å². The van der Waals surface area contributed by atoms with E-state index in [0.29, 0.717) is 5.70 Å². The third kappa shape index (κ3) is 3.84. The average molecular weight is 212 g/mol. The lowest BCUT2D eigenvalue weighted by Gasteiger charge is -2.16. The lowest BCUT2D eigenvalue weighted by molar-refractivity contribution is -0.423. The molecular formula is C10H16N2O3. The van der Waals surface area contributed by atoms with Crippen molar-refractivity contribution in [1.82, 2.24) is 4.90 Å². The van der Waals surface area contributed by atoms with Crippen LogP contribution in [0.5, 0.6) is 0 Å². The zero-order valence-corrected chi connectivity index (χ0v) is 9.32. The van der Waals surface area contributed by atoms with E-state index in [1.54, 1.807) is 0 Å². The van der Waals surface area contributed by atoms with E-state index in [2.05, 4.69) is 13.2 Å². The van der Waals surface area contributed by atoms with Crippen LogP contribution in [0.2, 0.25) is 0 Å². The molecule has 0 aliphatic heterocycles. The molecular weight excluding hydrogens is 196 g/mol. The van der Waals surface area contributed by atoms with Crippen LogP contribution in [-0.2, 0) is 4.74 Å². The Balaban J connectivity index is 4.82. The lowest BCUT2D eigenvalue weighted by Crippen LogP contribution is -2.15. The number of hydrogen-bond donors (Lipinski definition) is 0. The molecule has 0 aromatic rings. The molecule has 0 saturated carbocycles. The Morgan fingerprint density at radius 2 is 2.13 bits per heavy atom. The molecule has 0 bridgehead atoms. The number of nitro groups is 1. The van der Waals surface area contributed by atoms with Gasteiger partial charge in [-0.15, -0.1) is 0 Å². The predicted molar refractivity (Wildman–Crippen MR) is 58.7 cm³/mol. The van der Waals surface area contributed by atoms with Gasteiger partial charge in [0.2, 0.25) is 0 Å². The SMILES string of the molecule is C=C(/C=C(/OC)C(=C)[N+](=O)[O-])N(C)CC. The van der Waals surface area contributed by atoms with E-state index in [9.17, 15) is 10.1 Å². The van der Waals surface area contributed by atoms with Gasteiger partial charge in [-0.05, 0) is 13.5 Å². The highest BCUT2D eigenvalue weighted by Gasteiger charge is 2.15. The minimum absolute atomic E-state index is 0.116. The third-order valence-electron chi connectivity index (χ3n) is 1.99. The predicted octanol–water partition coefficient (Wildman–Crippen LogP) is 1.77. The molecule has 5 heteroatoms. The molecule has 0 radical (unpaired) electrons. The Kier molecular flexibility index (Phi) is 5.15. The summed E-state index contributed by atoms with van der Waals surface area (Å²) in [6.45, 7) is 9.79. The fourth-order valence-electron chi connectivity index (χ4n) is 0.815. The maximum atomic E-state index is 10.5. The maximum Gasteiger partial charge on any atom is 0.303 e. The molecule has 0 atom stereocenters. The smallest absolute Gasteiger partial charge is 0.303 e. The number of ether oxygens (including phenoxy) is 1. The normalized spacial score (nSPS) is 10.7. The van der Waals surface area contributed by atoms with Crippen molar-refractivity contribution in [2.24, 2.45) is 0 Å². The molecule has 0 unspecified atom stereocenters. The summed E-state index contributed by atoms with van der Waals surface area (Å²) in [5, 5.41) is 10.5. The largest absolute Gasteiger partial charge is 0.490 e. The van der Waals surface area contributed by atoms with Crippen molar-refractivity contribution < 1.29 is 9.66 Å². The molecule has 0 N–H and O–H groups in total. The highest BCUT2D eigenvalue weighted by Crippen LogP contribution is 2.13. The molecule has 84 valence electrons. The topological polar surface area (TPSA) is 55.6 Å². The van der Waals surface area contributed by atoms with Gasteiger partial charge < -0.3 is 9.64 Å². The van der Waals surface area contributed by atoms with Crippen LogP contribution in [0.25, 0.3) is 0 Å². The number of allylic oxidation sites excluding steroid dienone is 1. The first-order chi connectivity index (χ1) is 6.93. The van der Waals surface area contributed by atoms with E-state index in [0.717, 1.165) is 6.54 Å². The quantitative estimate of drug-likeness (QED) is 0.291. The molecule has 0 aromatic carbocycles. The summed E-state index contributed by atoms with van der Waals surface area (Å²) in [7, 11) is 3.20. The number of rotatable bonds is 6. The summed E-state index contributed by atoms with van der Waals surface area (Å²) in [4.78, 5) is 11.7. The van der Waals surface area contributed by atoms with E-state index in [4.69, 9.17) is 4.74 Å². The fraction of sp³-hybridized carbons (Fsp3) is 0.400. The second-order valence-electron chi connectivity index (χ2n) is 2.92. The van der Waals surface area contributed by atoms with Crippen LogP contribution in [0.15, 0.2) is 36.4 Å². The van der Waals surface area contributed by atoms with Crippen LogP contribution in [-0.4, -0.2) is 30.5 Å². The monoisotopic (exact) mass is 212 g/mol. The van der Waals surface area contributed by atoms with Gasteiger partial charge >= 0.3 is 5.70 Å². The Morgan fingerprint density at radius 3 is 2.47 bits per heavy atom. The molecule has 0 aromatic heterocycles. The van der Waals surface area contributed by atoms with E-state index >= 15 is 0 Å². The molecule has 0 aliphatic rings. The van der Waals surface area contributed by atoms with Gasteiger partial charge in [0.05, 0.1) is 12.0 Å². The summed E-state index contributed by atoms with van der Waals surface area (Å²) in [6, 6.07) is 0. The van der Waals surface area contributed by atoms with E-state index in [-0.39, 0.29) is 11.5 Å². The van der Waals surface area contributed by atoms with Crippen LogP contribution in [0.1, 0.15) is 6.92 Å². The van der Waals surface area contributed by atoms with Crippen molar-refractivity contribution in [3.8, 4) is 0 Å². The molecule has 0 amide bonds. The van der Waals surface area contributed by atoms with Crippen molar-refractivity contribution in [3.63, 3.8) is 0 Å². The zero-order valence-electron chi connectivity index (χ0n) is 9.32. The summed E-state index contributed by atoms with van der Waals surface area (Å²) in [6.07, 6.45) is 1.49. The Bertz CT molecular complexity index is 308. The Labute approximate surface area is 89.5 Å². The number of nitrogens with zero attached hydrogens (tertiary/aromatic N) is 2. The fourth-order valence-corrected chi connectivity index (χ4v) is 0.815. The van der Waals surface area contributed by atoms with Crippen LogP contribution >= 0.6 is 0 Å². The standard InChI is InChI=1S/C10H16N2O3/c1-6-11(4)8(2)7-10(15-5)9(3)12(13)14/h7H,2-3,6H2,1,4-5H3/b10-7+. The van der Waals surface area contributed by atoms with Gasteiger partial charge in [-0.3, -0.25) is 10.1 Å². The van der Waals surface area contributed by atoms with Crippen LogP contribution in [0.4, 0.5) is 0 Å². The molecule has 0 heterocycles. The highest BCUT2D eigenvalue weighted by atomic mass is 16.6. The van der Waals surface area contributed by atoms with Gasteiger partial charge in [-0.25, -0.2) is 0 Å². The van der Waals surface area contributed by atoms with Gasteiger partial charge in [0.15, 0.2) is 5.76 Å². The number of likely N-dealkylation sites (N-methyl/N-ethyl adjacent to an activating group) is 1.